The lowest BCUT2D eigenvalue weighted by molar-refractivity contribution is 0.0251. The first-order chi connectivity index (χ1) is 8.11. The Bertz CT molecular complexity index is 377. The fraction of sp³-hybridized carbons (Fsp3) is 0.538. The van der Waals surface area contributed by atoms with Crippen LogP contribution < -0.4 is 5.32 Å². The number of halogens is 1. The second-order valence-electron chi connectivity index (χ2n) is 4.65. The van der Waals surface area contributed by atoms with E-state index in [1.54, 1.807) is 12.1 Å². The molecule has 0 aromatic heterocycles. The van der Waals surface area contributed by atoms with Gasteiger partial charge < -0.3 is 15.2 Å². The Balaban J connectivity index is 1.93. The summed E-state index contributed by atoms with van der Waals surface area (Å²) in [6, 6.07) is 6.55. The van der Waals surface area contributed by atoms with Crippen LogP contribution in [0.4, 0.5) is 4.39 Å². The van der Waals surface area contributed by atoms with Crippen molar-refractivity contribution in [1.29, 1.82) is 0 Å². The van der Waals surface area contributed by atoms with Crippen LogP contribution in [0.3, 0.4) is 0 Å². The van der Waals surface area contributed by atoms with Crippen molar-refractivity contribution in [3.05, 3.63) is 35.6 Å². The molecule has 1 fully saturated rings. The van der Waals surface area contributed by atoms with Crippen molar-refractivity contribution < 1.29 is 14.2 Å². The number of hydrogen-bond acceptors (Lipinski definition) is 3. The predicted octanol–water partition coefficient (Wildman–Crippen LogP) is 1.63. The second kappa shape index (κ2) is 5.12. The van der Waals surface area contributed by atoms with Crippen LogP contribution in [-0.2, 0) is 4.74 Å². The highest BCUT2D eigenvalue weighted by Gasteiger charge is 2.32. The molecule has 0 aliphatic carbocycles. The number of ether oxygens (including phenoxy) is 1. The van der Waals surface area contributed by atoms with Crippen LogP contribution in [0.1, 0.15) is 24.9 Å². The normalized spacial score (nSPS) is 26.1. The Morgan fingerprint density at radius 2 is 2.29 bits per heavy atom. The molecule has 17 heavy (non-hydrogen) atoms. The lowest BCUT2D eigenvalue weighted by Crippen LogP contribution is -2.42. The van der Waals surface area contributed by atoms with Gasteiger partial charge in [0.15, 0.2) is 0 Å². The van der Waals surface area contributed by atoms with Crippen LogP contribution in [0.2, 0.25) is 0 Å². The molecular formula is C13H18FNO2. The van der Waals surface area contributed by atoms with Gasteiger partial charge in [0.05, 0.1) is 6.61 Å². The summed E-state index contributed by atoms with van der Waals surface area (Å²) >= 11 is 0. The maximum atomic E-state index is 13.5. The molecule has 94 valence electrons. The molecule has 1 aliphatic heterocycles. The summed E-state index contributed by atoms with van der Waals surface area (Å²) in [5, 5.41) is 13.2. The smallest absolute Gasteiger partial charge is 0.127 e. The predicted molar refractivity (Wildman–Crippen MR) is 63.2 cm³/mol. The number of hydrogen-bond donors (Lipinski definition) is 2. The molecule has 2 atom stereocenters. The lowest BCUT2D eigenvalue weighted by Gasteiger charge is -2.24. The van der Waals surface area contributed by atoms with Gasteiger partial charge in [-0.05, 0) is 13.0 Å². The third kappa shape index (κ3) is 3.03. The fourth-order valence-electron chi connectivity index (χ4n) is 2.02. The van der Waals surface area contributed by atoms with Crippen molar-refractivity contribution in [3.63, 3.8) is 0 Å². The van der Waals surface area contributed by atoms with E-state index >= 15 is 0 Å². The van der Waals surface area contributed by atoms with Gasteiger partial charge in [0.25, 0.3) is 0 Å². The van der Waals surface area contributed by atoms with Crippen LogP contribution in [0.25, 0.3) is 0 Å². The SMILES string of the molecule is C[C@@H](NC[C@@]1(O)CCOC1)c1ccccc1F. The minimum atomic E-state index is -0.806. The molecule has 0 unspecified atom stereocenters. The quantitative estimate of drug-likeness (QED) is 0.839. The van der Waals surface area contributed by atoms with Crippen molar-refractivity contribution >= 4 is 0 Å². The number of rotatable bonds is 4. The Morgan fingerprint density at radius 3 is 2.94 bits per heavy atom. The molecule has 0 amide bonds. The topological polar surface area (TPSA) is 41.5 Å². The van der Waals surface area contributed by atoms with Crippen molar-refractivity contribution in [3.8, 4) is 0 Å². The molecular weight excluding hydrogens is 221 g/mol. The molecule has 1 aromatic carbocycles. The fourth-order valence-corrected chi connectivity index (χ4v) is 2.02. The highest BCUT2D eigenvalue weighted by molar-refractivity contribution is 5.20. The highest BCUT2D eigenvalue weighted by Crippen LogP contribution is 2.20. The zero-order chi connectivity index (χ0) is 12.3. The van der Waals surface area contributed by atoms with E-state index in [4.69, 9.17) is 4.74 Å². The van der Waals surface area contributed by atoms with E-state index < -0.39 is 5.60 Å². The summed E-state index contributed by atoms with van der Waals surface area (Å²) in [6.07, 6.45) is 0.629. The van der Waals surface area contributed by atoms with Crippen molar-refractivity contribution in [1.82, 2.24) is 5.32 Å². The minimum absolute atomic E-state index is 0.124. The average Bonchev–Trinajstić information content (AvgIpc) is 2.74. The minimum Gasteiger partial charge on any atom is -0.386 e. The van der Waals surface area contributed by atoms with Gasteiger partial charge in [-0.3, -0.25) is 0 Å². The maximum Gasteiger partial charge on any atom is 0.127 e. The number of benzene rings is 1. The van der Waals surface area contributed by atoms with E-state index in [-0.39, 0.29) is 11.9 Å². The average molecular weight is 239 g/mol. The Morgan fingerprint density at radius 1 is 1.53 bits per heavy atom. The lowest BCUT2D eigenvalue weighted by atomic mass is 10.0. The van der Waals surface area contributed by atoms with Gasteiger partial charge in [0.2, 0.25) is 0 Å². The molecule has 2 N–H and O–H groups in total. The van der Waals surface area contributed by atoms with Gasteiger partial charge >= 0.3 is 0 Å². The van der Waals surface area contributed by atoms with Gasteiger partial charge in [-0.2, -0.15) is 0 Å². The molecule has 3 nitrogen and oxygen atoms in total. The monoisotopic (exact) mass is 239 g/mol. The molecule has 1 aliphatic rings. The third-order valence-corrected chi connectivity index (χ3v) is 3.19. The molecule has 0 saturated carbocycles. The second-order valence-corrected chi connectivity index (χ2v) is 4.65. The van der Waals surface area contributed by atoms with Crippen molar-refractivity contribution in [2.24, 2.45) is 0 Å². The Hall–Kier alpha value is -0.970. The van der Waals surface area contributed by atoms with Crippen LogP contribution >= 0.6 is 0 Å². The van der Waals surface area contributed by atoms with E-state index in [9.17, 15) is 9.50 Å². The van der Waals surface area contributed by atoms with E-state index in [0.717, 1.165) is 0 Å². The molecule has 0 bridgehead atoms. The summed E-state index contributed by atoms with van der Waals surface area (Å²) in [5.74, 6) is -0.220. The number of aliphatic hydroxyl groups is 1. The molecule has 2 rings (SSSR count). The first kappa shape index (κ1) is 12.5. The van der Waals surface area contributed by atoms with Crippen molar-refractivity contribution in [2.45, 2.75) is 25.0 Å². The van der Waals surface area contributed by atoms with Gasteiger partial charge in [0.1, 0.15) is 11.4 Å². The van der Waals surface area contributed by atoms with Crippen molar-refractivity contribution in [2.75, 3.05) is 19.8 Å². The zero-order valence-corrected chi connectivity index (χ0v) is 9.95. The van der Waals surface area contributed by atoms with E-state index in [1.807, 2.05) is 13.0 Å². The first-order valence-corrected chi connectivity index (χ1v) is 5.89. The third-order valence-electron chi connectivity index (χ3n) is 3.19. The summed E-state index contributed by atoms with van der Waals surface area (Å²) in [6.45, 7) is 3.25. The largest absolute Gasteiger partial charge is 0.386 e. The van der Waals surface area contributed by atoms with Crippen LogP contribution in [0, 0.1) is 5.82 Å². The van der Waals surface area contributed by atoms with Crippen LogP contribution in [0.5, 0.6) is 0 Å². The molecule has 4 heteroatoms. The van der Waals surface area contributed by atoms with E-state index in [0.29, 0.717) is 31.7 Å². The van der Waals surface area contributed by atoms with Gasteiger partial charge in [-0.15, -0.1) is 0 Å². The maximum absolute atomic E-state index is 13.5. The van der Waals surface area contributed by atoms with Gasteiger partial charge in [-0.25, -0.2) is 4.39 Å². The van der Waals surface area contributed by atoms with E-state index in [1.165, 1.54) is 6.07 Å². The Labute approximate surface area is 101 Å². The summed E-state index contributed by atoms with van der Waals surface area (Å²) in [5.41, 5.74) is -0.186. The zero-order valence-electron chi connectivity index (χ0n) is 9.95. The van der Waals surface area contributed by atoms with E-state index in [2.05, 4.69) is 5.32 Å². The van der Waals surface area contributed by atoms with Gasteiger partial charge in [0, 0.05) is 31.2 Å². The molecule has 1 aromatic rings. The molecule has 0 radical (unpaired) electrons. The highest BCUT2D eigenvalue weighted by atomic mass is 19.1. The van der Waals surface area contributed by atoms with Gasteiger partial charge in [-0.1, -0.05) is 18.2 Å². The molecule has 0 spiro atoms. The summed E-state index contributed by atoms with van der Waals surface area (Å²) in [4.78, 5) is 0. The molecule has 1 saturated heterocycles. The first-order valence-electron chi connectivity index (χ1n) is 5.89. The molecule has 1 heterocycles. The van der Waals surface area contributed by atoms with Crippen LogP contribution in [0.15, 0.2) is 24.3 Å². The van der Waals surface area contributed by atoms with Crippen LogP contribution in [-0.4, -0.2) is 30.5 Å². The summed E-state index contributed by atoms with van der Waals surface area (Å²) in [7, 11) is 0. The standard InChI is InChI=1S/C13H18FNO2/c1-10(11-4-2-3-5-12(11)14)15-8-13(16)6-7-17-9-13/h2-5,10,15-16H,6-9H2,1H3/t10-,13+/m1/s1. The summed E-state index contributed by atoms with van der Waals surface area (Å²) < 4.78 is 18.7. The number of nitrogens with one attached hydrogen (secondary N) is 1. The Kier molecular flexibility index (Phi) is 3.76.